The highest BCUT2D eigenvalue weighted by Gasteiger charge is 2.43. The van der Waals surface area contributed by atoms with Crippen LogP contribution in [0.2, 0.25) is 0 Å². The number of hydrogen-bond acceptors (Lipinski definition) is 7. The van der Waals surface area contributed by atoms with Gasteiger partial charge in [0, 0.05) is 57.8 Å². The van der Waals surface area contributed by atoms with Crippen LogP contribution in [-0.2, 0) is 0 Å². The lowest BCUT2D eigenvalue weighted by atomic mass is 9.35. The molecule has 0 atom stereocenters. The third kappa shape index (κ3) is 6.55. The molecule has 11 aromatic carbocycles. The van der Waals surface area contributed by atoms with E-state index in [1.807, 2.05) is 0 Å². The van der Waals surface area contributed by atoms with Crippen LogP contribution in [0.3, 0.4) is 0 Å². The van der Waals surface area contributed by atoms with Crippen LogP contribution in [-0.4, -0.2) is 6.71 Å². The standard InChI is InChI=1S/C66H44BN5O2/c1-5-21-45(22-6-1)68(46-23-7-2-8-24-46)51-43-64-66-65(44-51)74-63-42-50(72-60-35-19-15-31-56(60)70(48-27-11-4-12-28-48)57-32-16-20-36-61(57)72)37-39-52(63)67(66)53-41-49(38-40-62(53)73-64)71-58-33-17-13-29-54(58)69(47-25-9-3-10-26-47)55-30-14-18-34-59(55)71/h1-44H. The van der Waals surface area contributed by atoms with E-state index in [0.717, 1.165) is 125 Å². The van der Waals surface area contributed by atoms with Gasteiger partial charge in [-0.3, -0.25) is 0 Å². The summed E-state index contributed by atoms with van der Waals surface area (Å²) in [5.74, 6) is 3.12. The first kappa shape index (κ1) is 41.8. The normalized spacial score (nSPS) is 13.2. The molecule has 4 aliphatic heterocycles. The van der Waals surface area contributed by atoms with Crippen LogP contribution in [0.25, 0.3) is 0 Å². The average molecular weight is 950 g/mol. The number of ether oxygens (including phenoxy) is 2. The molecule has 0 aliphatic carbocycles. The lowest BCUT2D eigenvalue weighted by Crippen LogP contribution is -2.57. The molecule has 0 aromatic heterocycles. The maximum atomic E-state index is 7.33. The molecule has 0 unspecified atom stereocenters. The highest BCUT2D eigenvalue weighted by molar-refractivity contribution is 6.98. The van der Waals surface area contributed by atoms with Gasteiger partial charge in [-0.1, -0.05) is 127 Å². The van der Waals surface area contributed by atoms with Gasteiger partial charge in [0.25, 0.3) is 6.71 Å². The molecule has 4 heterocycles. The van der Waals surface area contributed by atoms with Gasteiger partial charge in [-0.15, -0.1) is 0 Å². The summed E-state index contributed by atoms with van der Waals surface area (Å²) in [5, 5.41) is 0. The van der Waals surface area contributed by atoms with E-state index in [-0.39, 0.29) is 6.71 Å². The minimum atomic E-state index is -0.219. The molecule has 11 aromatic rings. The van der Waals surface area contributed by atoms with E-state index in [1.165, 1.54) is 0 Å². The van der Waals surface area contributed by atoms with Gasteiger partial charge in [0.15, 0.2) is 0 Å². The van der Waals surface area contributed by atoms with Crippen molar-refractivity contribution in [3.8, 4) is 23.0 Å². The molecule has 74 heavy (non-hydrogen) atoms. The van der Waals surface area contributed by atoms with Crippen LogP contribution >= 0.6 is 0 Å². The van der Waals surface area contributed by atoms with Gasteiger partial charge in [-0.05, 0) is 132 Å². The van der Waals surface area contributed by atoms with E-state index >= 15 is 0 Å². The second-order valence-corrected chi connectivity index (χ2v) is 18.9. The van der Waals surface area contributed by atoms with Crippen LogP contribution in [0, 0.1) is 0 Å². The van der Waals surface area contributed by atoms with E-state index in [4.69, 9.17) is 9.47 Å². The summed E-state index contributed by atoms with van der Waals surface area (Å²) >= 11 is 0. The first-order valence-corrected chi connectivity index (χ1v) is 25.1. The lowest BCUT2D eigenvalue weighted by Gasteiger charge is -2.41. The van der Waals surface area contributed by atoms with E-state index in [0.29, 0.717) is 0 Å². The molecule has 0 spiro atoms. The second-order valence-electron chi connectivity index (χ2n) is 18.9. The number of hydrogen-bond donors (Lipinski definition) is 0. The van der Waals surface area contributed by atoms with Crippen molar-refractivity contribution < 1.29 is 9.47 Å². The maximum absolute atomic E-state index is 7.33. The molecule has 348 valence electrons. The Morgan fingerprint density at radius 3 is 1.04 bits per heavy atom. The predicted octanol–water partition coefficient (Wildman–Crippen LogP) is 16.4. The smallest absolute Gasteiger partial charge is 0.260 e. The van der Waals surface area contributed by atoms with Crippen LogP contribution < -0.4 is 50.4 Å². The van der Waals surface area contributed by atoms with Gasteiger partial charge in [0.2, 0.25) is 0 Å². The molecule has 0 bridgehead atoms. The molecule has 0 radical (unpaired) electrons. The second kappa shape index (κ2) is 16.9. The van der Waals surface area contributed by atoms with E-state index < -0.39 is 0 Å². The van der Waals surface area contributed by atoms with Crippen LogP contribution in [0.15, 0.2) is 267 Å². The molecule has 15 rings (SSSR count). The maximum Gasteiger partial charge on any atom is 0.260 e. The van der Waals surface area contributed by atoms with Crippen molar-refractivity contribution in [2.45, 2.75) is 0 Å². The van der Waals surface area contributed by atoms with Crippen molar-refractivity contribution in [1.82, 2.24) is 0 Å². The van der Waals surface area contributed by atoms with Crippen LogP contribution in [0.4, 0.5) is 85.3 Å². The van der Waals surface area contributed by atoms with Crippen molar-refractivity contribution in [2.75, 3.05) is 24.5 Å². The summed E-state index contributed by atoms with van der Waals surface area (Å²) in [7, 11) is 0. The first-order valence-electron chi connectivity index (χ1n) is 25.1. The molecule has 0 saturated heterocycles. The predicted molar refractivity (Wildman–Crippen MR) is 305 cm³/mol. The number of nitrogens with zero attached hydrogens (tertiary/aromatic N) is 5. The molecular formula is C66H44BN5O2. The lowest BCUT2D eigenvalue weighted by molar-refractivity contribution is 0.465. The van der Waals surface area contributed by atoms with Gasteiger partial charge in [0.05, 0.1) is 51.2 Å². The van der Waals surface area contributed by atoms with E-state index in [1.54, 1.807) is 0 Å². The zero-order chi connectivity index (χ0) is 48.7. The molecule has 7 nitrogen and oxygen atoms in total. The Balaban J connectivity index is 0.919. The molecule has 0 fully saturated rings. The fourth-order valence-corrected chi connectivity index (χ4v) is 11.6. The van der Waals surface area contributed by atoms with Crippen molar-refractivity contribution in [1.29, 1.82) is 0 Å². The van der Waals surface area contributed by atoms with Crippen molar-refractivity contribution >= 4 is 108 Å². The zero-order valence-corrected chi connectivity index (χ0v) is 40.0. The highest BCUT2D eigenvalue weighted by Crippen LogP contribution is 2.56. The summed E-state index contributed by atoms with van der Waals surface area (Å²) < 4.78 is 14.5. The summed E-state index contributed by atoms with van der Waals surface area (Å²) in [6.45, 7) is -0.219. The Kier molecular flexibility index (Phi) is 9.53. The quantitative estimate of drug-likeness (QED) is 0.147. The monoisotopic (exact) mass is 949 g/mol. The third-order valence-electron chi connectivity index (χ3n) is 14.7. The van der Waals surface area contributed by atoms with E-state index in [2.05, 4.69) is 291 Å². The van der Waals surface area contributed by atoms with Crippen molar-refractivity contribution in [3.05, 3.63) is 267 Å². The summed E-state index contributed by atoms with van der Waals surface area (Å²) in [6, 6.07) is 94.8. The number of para-hydroxylation sites is 12. The van der Waals surface area contributed by atoms with Crippen LogP contribution in [0.5, 0.6) is 23.0 Å². The topological polar surface area (TPSA) is 34.7 Å². The molecule has 8 heteroatoms. The van der Waals surface area contributed by atoms with Gasteiger partial charge in [0.1, 0.15) is 23.0 Å². The molecule has 0 amide bonds. The SMILES string of the molecule is c1ccc(N(c2ccccc2)c2cc3c4c(c2)Oc2ccc(N5c6ccccc6N(c6ccccc6)c6ccccc65)cc2B4c2ccc(N4c5ccccc5N(c5ccccc5)c5ccccc54)cc2O3)cc1. The Labute approximate surface area is 430 Å². The minimum absolute atomic E-state index is 0.219. The Morgan fingerprint density at radius 1 is 0.257 bits per heavy atom. The van der Waals surface area contributed by atoms with Gasteiger partial charge in [-0.2, -0.15) is 0 Å². The minimum Gasteiger partial charge on any atom is -0.458 e. The average Bonchev–Trinajstić information content (AvgIpc) is 3.47. The fourth-order valence-electron chi connectivity index (χ4n) is 11.6. The van der Waals surface area contributed by atoms with Crippen molar-refractivity contribution in [2.24, 2.45) is 0 Å². The van der Waals surface area contributed by atoms with Gasteiger partial charge < -0.3 is 34.0 Å². The van der Waals surface area contributed by atoms with Crippen molar-refractivity contribution in [3.63, 3.8) is 0 Å². The van der Waals surface area contributed by atoms with Gasteiger partial charge >= 0.3 is 0 Å². The molecular weight excluding hydrogens is 906 g/mol. The highest BCUT2D eigenvalue weighted by atomic mass is 16.5. The molecule has 0 saturated carbocycles. The number of fused-ring (bicyclic) bond motifs is 8. The van der Waals surface area contributed by atoms with Crippen LogP contribution in [0.1, 0.15) is 0 Å². The molecule has 0 N–H and O–H groups in total. The Morgan fingerprint density at radius 2 is 0.608 bits per heavy atom. The summed E-state index contributed by atoms with van der Waals surface area (Å²) in [6.07, 6.45) is 0. The molecule has 4 aliphatic rings. The zero-order valence-electron chi connectivity index (χ0n) is 40.0. The third-order valence-corrected chi connectivity index (χ3v) is 14.7. The fraction of sp³-hybridized carbons (Fsp3) is 0. The Bertz CT molecular complexity index is 3840. The first-order chi connectivity index (χ1) is 36.7. The van der Waals surface area contributed by atoms with E-state index in [9.17, 15) is 0 Å². The number of anilines is 15. The summed E-state index contributed by atoms with van der Waals surface area (Å²) in [5.41, 5.74) is 19.1. The largest absolute Gasteiger partial charge is 0.458 e. The van der Waals surface area contributed by atoms with Gasteiger partial charge in [-0.25, -0.2) is 0 Å². The Hall–Kier alpha value is -9.92. The number of benzene rings is 11. The number of rotatable bonds is 7. The summed E-state index contributed by atoms with van der Waals surface area (Å²) in [4.78, 5) is 11.8.